The second-order valence-electron chi connectivity index (χ2n) is 4.88. The van der Waals surface area contributed by atoms with Crippen molar-refractivity contribution in [3.63, 3.8) is 0 Å². The Kier molecular flexibility index (Phi) is 4.02. The third-order valence-corrected chi connectivity index (χ3v) is 3.53. The minimum atomic E-state index is -0.675. The van der Waals surface area contributed by atoms with E-state index >= 15 is 0 Å². The van der Waals surface area contributed by atoms with Gasteiger partial charge < -0.3 is 11.1 Å². The summed E-state index contributed by atoms with van der Waals surface area (Å²) in [6.07, 6.45) is 2.40. The molecule has 2 amide bonds. The van der Waals surface area contributed by atoms with Crippen LogP contribution in [0.5, 0.6) is 0 Å². The highest BCUT2D eigenvalue weighted by atomic mass is 16.2. The van der Waals surface area contributed by atoms with Crippen LogP contribution in [0.2, 0.25) is 0 Å². The smallest absolute Gasteiger partial charge is 0.254 e. The van der Waals surface area contributed by atoms with Crippen molar-refractivity contribution in [1.82, 2.24) is 15.5 Å². The van der Waals surface area contributed by atoms with Gasteiger partial charge in [-0.25, -0.2) is 0 Å². The maximum atomic E-state index is 12.3. The Morgan fingerprint density at radius 2 is 2.20 bits per heavy atom. The number of rotatable bonds is 5. The number of primary amides is 1. The van der Waals surface area contributed by atoms with Crippen molar-refractivity contribution in [2.75, 3.05) is 0 Å². The van der Waals surface area contributed by atoms with E-state index in [-0.39, 0.29) is 11.8 Å². The molecule has 2 rings (SSSR count). The highest BCUT2D eigenvalue weighted by molar-refractivity contribution is 6.06. The van der Waals surface area contributed by atoms with E-state index in [9.17, 15) is 9.59 Å². The first-order chi connectivity index (χ1) is 9.54. The Morgan fingerprint density at radius 1 is 1.45 bits per heavy atom. The van der Waals surface area contributed by atoms with Crippen LogP contribution >= 0.6 is 0 Å². The molecule has 0 aliphatic carbocycles. The second kappa shape index (κ2) is 5.73. The lowest BCUT2D eigenvalue weighted by Crippen LogP contribution is -2.48. The average Bonchev–Trinajstić information content (AvgIpc) is 2.91. The Labute approximate surface area is 116 Å². The number of nitrogens with zero attached hydrogens (tertiary/aromatic N) is 1. The number of nitrogens with two attached hydrogens (primary N) is 1. The van der Waals surface area contributed by atoms with E-state index < -0.39 is 11.9 Å². The average molecular weight is 274 g/mol. The van der Waals surface area contributed by atoms with Crippen LogP contribution in [-0.2, 0) is 4.79 Å². The van der Waals surface area contributed by atoms with Gasteiger partial charge in [0.05, 0.1) is 17.3 Å². The number of aromatic amines is 1. The molecule has 0 saturated heterocycles. The lowest BCUT2D eigenvalue weighted by Gasteiger charge is -2.21. The Bertz CT molecular complexity index is 635. The van der Waals surface area contributed by atoms with E-state index in [4.69, 9.17) is 5.73 Å². The van der Waals surface area contributed by atoms with E-state index in [1.54, 1.807) is 18.3 Å². The van der Waals surface area contributed by atoms with Crippen LogP contribution in [-0.4, -0.2) is 28.1 Å². The first-order valence-corrected chi connectivity index (χ1v) is 6.56. The zero-order chi connectivity index (χ0) is 14.7. The summed E-state index contributed by atoms with van der Waals surface area (Å²) in [6, 6.07) is 4.64. The van der Waals surface area contributed by atoms with Crippen molar-refractivity contribution in [1.29, 1.82) is 0 Å². The number of fused-ring (bicyclic) bond motifs is 1. The van der Waals surface area contributed by atoms with Crippen LogP contribution < -0.4 is 11.1 Å². The SMILES string of the molecule is CCC(C)C(NC(=O)c1cccc2cn[nH]c12)C(N)=O. The van der Waals surface area contributed by atoms with Crippen LogP contribution in [0, 0.1) is 5.92 Å². The quantitative estimate of drug-likeness (QED) is 0.763. The van der Waals surface area contributed by atoms with Gasteiger partial charge in [-0.2, -0.15) is 5.10 Å². The van der Waals surface area contributed by atoms with Gasteiger partial charge in [0.2, 0.25) is 5.91 Å². The number of carbonyl (C=O) groups excluding carboxylic acids is 2. The number of hydrogen-bond acceptors (Lipinski definition) is 3. The summed E-state index contributed by atoms with van der Waals surface area (Å²) >= 11 is 0. The van der Waals surface area contributed by atoms with Crippen molar-refractivity contribution in [3.8, 4) is 0 Å². The molecule has 0 bridgehead atoms. The summed E-state index contributed by atoms with van der Waals surface area (Å²) in [5.41, 5.74) is 6.46. The molecule has 6 heteroatoms. The molecular formula is C14H18N4O2. The van der Waals surface area contributed by atoms with Gasteiger partial charge in [-0.1, -0.05) is 32.4 Å². The fraction of sp³-hybridized carbons (Fsp3) is 0.357. The van der Waals surface area contributed by atoms with Gasteiger partial charge in [0, 0.05) is 5.39 Å². The number of amides is 2. The van der Waals surface area contributed by atoms with Gasteiger partial charge in [-0.3, -0.25) is 14.7 Å². The maximum absolute atomic E-state index is 12.3. The van der Waals surface area contributed by atoms with Gasteiger partial charge in [-0.15, -0.1) is 0 Å². The number of para-hydroxylation sites is 1. The van der Waals surface area contributed by atoms with Crippen LogP contribution in [0.25, 0.3) is 10.9 Å². The molecule has 1 heterocycles. The van der Waals surface area contributed by atoms with E-state index in [0.717, 1.165) is 11.8 Å². The number of carbonyl (C=O) groups is 2. The van der Waals surface area contributed by atoms with Crippen molar-refractivity contribution in [2.24, 2.45) is 11.7 Å². The highest BCUT2D eigenvalue weighted by Gasteiger charge is 2.24. The molecule has 1 aromatic carbocycles. The molecule has 0 fully saturated rings. The normalized spacial score (nSPS) is 13.9. The summed E-state index contributed by atoms with van der Waals surface area (Å²) in [5.74, 6) is -0.870. The van der Waals surface area contributed by atoms with Crippen LogP contribution in [0.4, 0.5) is 0 Å². The standard InChI is InChI=1S/C14H18N4O2/c1-3-8(2)11(13(15)19)17-14(20)10-6-4-5-9-7-16-18-12(9)10/h4-8,11H,3H2,1-2H3,(H2,15,19)(H,16,18)(H,17,20). The minimum absolute atomic E-state index is 0.0163. The molecule has 0 radical (unpaired) electrons. The van der Waals surface area contributed by atoms with E-state index in [1.165, 1.54) is 0 Å². The second-order valence-corrected chi connectivity index (χ2v) is 4.88. The van der Waals surface area contributed by atoms with Gasteiger partial charge >= 0.3 is 0 Å². The number of nitrogens with one attached hydrogen (secondary N) is 2. The zero-order valence-electron chi connectivity index (χ0n) is 11.5. The van der Waals surface area contributed by atoms with Crippen molar-refractivity contribution >= 4 is 22.7 Å². The first kappa shape index (κ1) is 14.0. The number of aromatic nitrogens is 2. The summed E-state index contributed by atoms with van der Waals surface area (Å²) in [7, 11) is 0. The fourth-order valence-electron chi connectivity index (χ4n) is 2.11. The topological polar surface area (TPSA) is 101 Å². The summed E-state index contributed by atoms with van der Waals surface area (Å²) in [6.45, 7) is 3.83. The van der Waals surface area contributed by atoms with Crippen molar-refractivity contribution < 1.29 is 9.59 Å². The molecule has 6 nitrogen and oxygen atoms in total. The largest absolute Gasteiger partial charge is 0.368 e. The molecule has 4 N–H and O–H groups in total. The minimum Gasteiger partial charge on any atom is -0.368 e. The van der Waals surface area contributed by atoms with Crippen molar-refractivity contribution in [2.45, 2.75) is 26.3 Å². The first-order valence-electron chi connectivity index (χ1n) is 6.56. The molecule has 2 atom stereocenters. The lowest BCUT2D eigenvalue weighted by atomic mass is 9.98. The monoisotopic (exact) mass is 274 g/mol. The summed E-state index contributed by atoms with van der Waals surface area (Å²) in [5, 5.41) is 10.2. The third-order valence-electron chi connectivity index (χ3n) is 3.53. The van der Waals surface area contributed by atoms with Crippen molar-refractivity contribution in [3.05, 3.63) is 30.0 Å². The molecule has 20 heavy (non-hydrogen) atoms. The molecule has 106 valence electrons. The molecule has 0 spiro atoms. The Balaban J connectivity index is 2.27. The van der Waals surface area contributed by atoms with E-state index in [0.29, 0.717) is 11.1 Å². The van der Waals surface area contributed by atoms with Crippen LogP contribution in [0.1, 0.15) is 30.6 Å². The number of hydrogen-bond donors (Lipinski definition) is 3. The van der Waals surface area contributed by atoms with E-state index in [1.807, 2.05) is 19.9 Å². The molecule has 0 aliphatic rings. The van der Waals surface area contributed by atoms with Crippen LogP contribution in [0.3, 0.4) is 0 Å². The molecule has 0 aliphatic heterocycles. The van der Waals surface area contributed by atoms with Crippen LogP contribution in [0.15, 0.2) is 24.4 Å². The highest BCUT2D eigenvalue weighted by Crippen LogP contribution is 2.16. The summed E-state index contributed by atoms with van der Waals surface area (Å²) < 4.78 is 0. The molecule has 2 unspecified atom stereocenters. The predicted octanol–water partition coefficient (Wildman–Crippen LogP) is 1.19. The molecule has 0 saturated carbocycles. The van der Waals surface area contributed by atoms with Gasteiger partial charge in [0.25, 0.3) is 5.91 Å². The molecular weight excluding hydrogens is 256 g/mol. The van der Waals surface area contributed by atoms with E-state index in [2.05, 4.69) is 15.5 Å². The summed E-state index contributed by atoms with van der Waals surface area (Å²) in [4.78, 5) is 23.8. The maximum Gasteiger partial charge on any atom is 0.254 e. The fourth-order valence-corrected chi connectivity index (χ4v) is 2.11. The number of benzene rings is 1. The Hall–Kier alpha value is -2.37. The molecule has 1 aromatic heterocycles. The Morgan fingerprint density at radius 3 is 2.85 bits per heavy atom. The van der Waals surface area contributed by atoms with Gasteiger partial charge in [0.1, 0.15) is 6.04 Å². The number of H-pyrrole nitrogens is 1. The third kappa shape index (κ3) is 2.64. The zero-order valence-corrected chi connectivity index (χ0v) is 11.5. The lowest BCUT2D eigenvalue weighted by molar-refractivity contribution is -0.120. The predicted molar refractivity (Wildman–Crippen MR) is 76.0 cm³/mol. The van der Waals surface area contributed by atoms with Gasteiger partial charge in [0.15, 0.2) is 0 Å². The van der Waals surface area contributed by atoms with Gasteiger partial charge in [-0.05, 0) is 12.0 Å². The molecule has 2 aromatic rings.